The van der Waals surface area contributed by atoms with Gasteiger partial charge in [-0.3, -0.25) is 0 Å². The Kier molecular flexibility index (Phi) is 3.53. The monoisotopic (exact) mass is 176 g/mol. The molecule has 0 N–H and O–H groups in total. The summed E-state index contributed by atoms with van der Waals surface area (Å²) in [5.41, 5.74) is 3.03. The first-order chi connectivity index (χ1) is 6.16. The third-order valence-corrected chi connectivity index (χ3v) is 2.93. The van der Waals surface area contributed by atoms with Crippen molar-refractivity contribution in [3.05, 3.63) is 35.4 Å². The lowest BCUT2D eigenvalue weighted by atomic mass is 9.86. The lowest BCUT2D eigenvalue weighted by Crippen LogP contribution is -2.04. The van der Waals surface area contributed by atoms with Gasteiger partial charge in [0.15, 0.2) is 0 Å². The standard InChI is InChI=1S/C13H20/c1-5-12-8-6-7-9-13(12)11(4)10(2)3/h6-11H,5H2,1-4H3/t11-/m1/s1. The summed E-state index contributed by atoms with van der Waals surface area (Å²) in [7, 11) is 0. The molecule has 0 saturated heterocycles. The number of rotatable bonds is 3. The maximum Gasteiger partial charge on any atom is -0.0165 e. The Morgan fingerprint density at radius 1 is 1.08 bits per heavy atom. The van der Waals surface area contributed by atoms with Crippen LogP contribution in [0.5, 0.6) is 0 Å². The fraction of sp³-hybridized carbons (Fsp3) is 0.538. The van der Waals surface area contributed by atoms with E-state index in [9.17, 15) is 0 Å². The molecule has 0 heteroatoms. The van der Waals surface area contributed by atoms with Crippen molar-refractivity contribution >= 4 is 0 Å². The Hall–Kier alpha value is -0.780. The highest BCUT2D eigenvalue weighted by molar-refractivity contribution is 5.30. The third-order valence-electron chi connectivity index (χ3n) is 2.93. The molecule has 1 aromatic carbocycles. The molecule has 0 spiro atoms. The zero-order valence-corrected chi connectivity index (χ0v) is 9.17. The van der Waals surface area contributed by atoms with E-state index < -0.39 is 0 Å². The summed E-state index contributed by atoms with van der Waals surface area (Å²) in [6.07, 6.45) is 1.15. The lowest BCUT2D eigenvalue weighted by molar-refractivity contribution is 0.531. The van der Waals surface area contributed by atoms with Gasteiger partial charge in [0, 0.05) is 0 Å². The summed E-state index contributed by atoms with van der Waals surface area (Å²) in [6, 6.07) is 8.79. The largest absolute Gasteiger partial charge is 0.0622 e. The molecule has 1 aromatic rings. The van der Waals surface area contributed by atoms with Crippen molar-refractivity contribution in [2.75, 3.05) is 0 Å². The van der Waals surface area contributed by atoms with Crippen LogP contribution < -0.4 is 0 Å². The normalized spacial score (nSPS) is 13.3. The molecule has 0 aliphatic rings. The molecular weight excluding hydrogens is 156 g/mol. The van der Waals surface area contributed by atoms with Gasteiger partial charge in [0.1, 0.15) is 0 Å². The average molecular weight is 176 g/mol. The molecule has 0 amide bonds. The van der Waals surface area contributed by atoms with Crippen LogP contribution in [0.1, 0.15) is 44.7 Å². The second-order valence-corrected chi connectivity index (χ2v) is 4.09. The molecule has 0 aliphatic carbocycles. The van der Waals surface area contributed by atoms with Crippen LogP contribution in [0, 0.1) is 5.92 Å². The predicted molar refractivity (Wildman–Crippen MR) is 59.1 cm³/mol. The summed E-state index contributed by atoms with van der Waals surface area (Å²) in [5.74, 6) is 1.41. The van der Waals surface area contributed by atoms with Crippen molar-refractivity contribution in [1.82, 2.24) is 0 Å². The van der Waals surface area contributed by atoms with Crippen LogP contribution in [0.15, 0.2) is 24.3 Å². The first-order valence-corrected chi connectivity index (χ1v) is 5.24. The average Bonchev–Trinajstić information content (AvgIpc) is 2.16. The Balaban J connectivity index is 2.98. The van der Waals surface area contributed by atoms with E-state index in [-0.39, 0.29) is 0 Å². The Bertz CT molecular complexity index is 260. The zero-order valence-electron chi connectivity index (χ0n) is 9.17. The summed E-state index contributed by atoms with van der Waals surface area (Å²) in [6.45, 7) is 9.12. The second kappa shape index (κ2) is 4.45. The van der Waals surface area contributed by atoms with Crippen LogP contribution in [0.4, 0.5) is 0 Å². The van der Waals surface area contributed by atoms with E-state index in [0.717, 1.165) is 12.3 Å². The molecule has 0 saturated carbocycles. The maximum atomic E-state index is 2.32. The van der Waals surface area contributed by atoms with E-state index in [0.29, 0.717) is 5.92 Å². The quantitative estimate of drug-likeness (QED) is 0.652. The van der Waals surface area contributed by atoms with Gasteiger partial charge in [-0.15, -0.1) is 0 Å². The summed E-state index contributed by atoms with van der Waals surface area (Å²) in [5, 5.41) is 0. The summed E-state index contributed by atoms with van der Waals surface area (Å²) in [4.78, 5) is 0. The highest BCUT2D eigenvalue weighted by Gasteiger charge is 2.12. The molecule has 0 aromatic heterocycles. The number of benzene rings is 1. The molecule has 1 rings (SSSR count). The van der Waals surface area contributed by atoms with E-state index in [1.54, 1.807) is 0 Å². The minimum Gasteiger partial charge on any atom is -0.0622 e. The van der Waals surface area contributed by atoms with Gasteiger partial charge in [-0.25, -0.2) is 0 Å². The highest BCUT2D eigenvalue weighted by Crippen LogP contribution is 2.26. The fourth-order valence-corrected chi connectivity index (χ4v) is 1.66. The molecule has 0 fully saturated rings. The number of hydrogen-bond donors (Lipinski definition) is 0. The van der Waals surface area contributed by atoms with Gasteiger partial charge in [0.2, 0.25) is 0 Å². The van der Waals surface area contributed by atoms with Crippen LogP contribution in [0.3, 0.4) is 0 Å². The van der Waals surface area contributed by atoms with Crippen LogP contribution in [-0.2, 0) is 6.42 Å². The minimum absolute atomic E-state index is 0.677. The molecular formula is C13H20. The molecule has 0 aliphatic heterocycles. The molecule has 0 nitrogen and oxygen atoms in total. The topological polar surface area (TPSA) is 0 Å². The van der Waals surface area contributed by atoms with Gasteiger partial charge in [-0.2, -0.15) is 0 Å². The first-order valence-electron chi connectivity index (χ1n) is 5.24. The van der Waals surface area contributed by atoms with Crippen molar-refractivity contribution in [1.29, 1.82) is 0 Å². The van der Waals surface area contributed by atoms with E-state index in [2.05, 4.69) is 52.0 Å². The third kappa shape index (κ3) is 2.33. The van der Waals surface area contributed by atoms with Gasteiger partial charge in [0.25, 0.3) is 0 Å². The second-order valence-electron chi connectivity index (χ2n) is 4.09. The molecule has 0 unspecified atom stereocenters. The van der Waals surface area contributed by atoms with Crippen molar-refractivity contribution in [3.8, 4) is 0 Å². The maximum absolute atomic E-state index is 2.32. The van der Waals surface area contributed by atoms with Crippen LogP contribution in [0.2, 0.25) is 0 Å². The molecule has 0 bridgehead atoms. The Morgan fingerprint density at radius 2 is 1.69 bits per heavy atom. The summed E-state index contributed by atoms with van der Waals surface area (Å²) < 4.78 is 0. The summed E-state index contributed by atoms with van der Waals surface area (Å²) >= 11 is 0. The molecule has 0 heterocycles. The van der Waals surface area contributed by atoms with Crippen LogP contribution in [-0.4, -0.2) is 0 Å². The van der Waals surface area contributed by atoms with E-state index in [4.69, 9.17) is 0 Å². The Labute approximate surface area is 82.0 Å². The van der Waals surface area contributed by atoms with Crippen LogP contribution >= 0.6 is 0 Å². The van der Waals surface area contributed by atoms with Gasteiger partial charge in [0.05, 0.1) is 0 Å². The van der Waals surface area contributed by atoms with Crippen molar-refractivity contribution in [3.63, 3.8) is 0 Å². The number of aryl methyl sites for hydroxylation is 1. The lowest BCUT2D eigenvalue weighted by Gasteiger charge is -2.19. The van der Waals surface area contributed by atoms with E-state index >= 15 is 0 Å². The smallest absolute Gasteiger partial charge is 0.0165 e. The fourth-order valence-electron chi connectivity index (χ4n) is 1.66. The van der Waals surface area contributed by atoms with Gasteiger partial charge < -0.3 is 0 Å². The first kappa shape index (κ1) is 10.3. The van der Waals surface area contributed by atoms with Crippen molar-refractivity contribution in [2.24, 2.45) is 5.92 Å². The minimum atomic E-state index is 0.677. The van der Waals surface area contributed by atoms with Gasteiger partial charge in [-0.05, 0) is 29.4 Å². The Morgan fingerprint density at radius 3 is 2.23 bits per heavy atom. The molecule has 72 valence electrons. The SMILES string of the molecule is CCc1ccccc1[C@H](C)C(C)C. The van der Waals surface area contributed by atoms with Crippen molar-refractivity contribution in [2.45, 2.75) is 40.0 Å². The zero-order chi connectivity index (χ0) is 9.84. The highest BCUT2D eigenvalue weighted by atomic mass is 14.2. The van der Waals surface area contributed by atoms with Gasteiger partial charge in [-0.1, -0.05) is 52.0 Å². The van der Waals surface area contributed by atoms with E-state index in [1.807, 2.05) is 0 Å². The predicted octanol–water partition coefficient (Wildman–Crippen LogP) is 4.01. The molecule has 13 heavy (non-hydrogen) atoms. The molecule has 1 atom stereocenters. The number of hydrogen-bond acceptors (Lipinski definition) is 0. The molecule has 0 radical (unpaired) electrons. The van der Waals surface area contributed by atoms with Crippen LogP contribution in [0.25, 0.3) is 0 Å². The van der Waals surface area contributed by atoms with Crippen molar-refractivity contribution < 1.29 is 0 Å². The van der Waals surface area contributed by atoms with E-state index in [1.165, 1.54) is 11.1 Å². The van der Waals surface area contributed by atoms with Gasteiger partial charge >= 0.3 is 0 Å².